The Morgan fingerprint density at radius 1 is 1.32 bits per heavy atom. The van der Waals surface area contributed by atoms with Gasteiger partial charge < -0.3 is 15.0 Å². The Morgan fingerprint density at radius 2 is 2.05 bits per heavy atom. The fourth-order valence-corrected chi connectivity index (χ4v) is 2.32. The molecule has 0 aromatic carbocycles. The molecule has 0 aromatic rings. The van der Waals surface area contributed by atoms with Crippen molar-refractivity contribution >= 4 is 0 Å². The Morgan fingerprint density at radius 3 is 2.68 bits per heavy atom. The van der Waals surface area contributed by atoms with Crippen LogP contribution in [0.2, 0.25) is 0 Å². The van der Waals surface area contributed by atoms with Gasteiger partial charge in [-0.2, -0.15) is 0 Å². The average molecular weight is 266 g/mol. The molecular formula is C16H30N2O. The van der Waals surface area contributed by atoms with E-state index < -0.39 is 0 Å². The second-order valence-corrected chi connectivity index (χ2v) is 5.16. The van der Waals surface area contributed by atoms with Crippen LogP contribution in [0.3, 0.4) is 0 Å². The molecule has 19 heavy (non-hydrogen) atoms. The molecule has 0 spiro atoms. The molecule has 1 N–H and O–H groups in total. The second-order valence-electron chi connectivity index (χ2n) is 5.16. The smallest absolute Gasteiger partial charge is 0.0732 e. The van der Waals surface area contributed by atoms with Crippen LogP contribution in [0.5, 0.6) is 0 Å². The van der Waals surface area contributed by atoms with Crippen molar-refractivity contribution in [2.24, 2.45) is 0 Å². The van der Waals surface area contributed by atoms with Crippen molar-refractivity contribution in [1.29, 1.82) is 0 Å². The number of allylic oxidation sites excluding steroid dienone is 2. The first-order valence-electron chi connectivity index (χ1n) is 7.66. The predicted molar refractivity (Wildman–Crippen MR) is 82.3 cm³/mol. The van der Waals surface area contributed by atoms with Gasteiger partial charge >= 0.3 is 0 Å². The number of rotatable bonds is 8. The topological polar surface area (TPSA) is 24.5 Å². The van der Waals surface area contributed by atoms with Crippen molar-refractivity contribution < 1.29 is 4.74 Å². The Kier molecular flexibility index (Phi) is 8.59. The molecule has 1 atom stereocenters. The van der Waals surface area contributed by atoms with E-state index in [1.807, 2.05) is 7.05 Å². The highest BCUT2D eigenvalue weighted by Gasteiger charge is 2.09. The van der Waals surface area contributed by atoms with Gasteiger partial charge in [0, 0.05) is 19.3 Å². The van der Waals surface area contributed by atoms with Gasteiger partial charge in [-0.15, -0.1) is 0 Å². The number of hydrogen-bond donors (Lipinski definition) is 1. The van der Waals surface area contributed by atoms with Crippen molar-refractivity contribution in [3.8, 4) is 0 Å². The summed E-state index contributed by atoms with van der Waals surface area (Å²) in [4.78, 5) is 2.51. The molecule has 0 saturated carbocycles. The van der Waals surface area contributed by atoms with E-state index in [9.17, 15) is 0 Å². The molecule has 1 saturated heterocycles. The summed E-state index contributed by atoms with van der Waals surface area (Å²) >= 11 is 0. The van der Waals surface area contributed by atoms with E-state index in [0.717, 1.165) is 25.3 Å². The predicted octanol–water partition coefficient (Wildman–Crippen LogP) is 2.95. The standard InChI is InChI=1S/C16H30N2O/c1-4-8-16(17-3)10-9-15(2)19-14-13-18-11-6-5-7-12-18/h8-10,15,17H,4-7,11-14H2,1-3H3/b10-9-,16-8+. The van der Waals surface area contributed by atoms with Crippen LogP contribution in [0, 0.1) is 0 Å². The van der Waals surface area contributed by atoms with Gasteiger partial charge in [0.15, 0.2) is 0 Å². The van der Waals surface area contributed by atoms with Gasteiger partial charge in [-0.1, -0.05) is 25.5 Å². The lowest BCUT2D eigenvalue weighted by Crippen LogP contribution is -2.33. The minimum Gasteiger partial charge on any atom is -0.388 e. The SMILES string of the molecule is CC/C=C(\C=C/C(C)OCCN1CCCCC1)NC. The van der Waals surface area contributed by atoms with Crippen LogP contribution in [-0.4, -0.2) is 44.3 Å². The van der Waals surface area contributed by atoms with Crippen molar-refractivity contribution in [3.05, 3.63) is 23.9 Å². The van der Waals surface area contributed by atoms with Crippen LogP contribution >= 0.6 is 0 Å². The molecular weight excluding hydrogens is 236 g/mol. The van der Waals surface area contributed by atoms with E-state index in [2.05, 4.69) is 42.3 Å². The summed E-state index contributed by atoms with van der Waals surface area (Å²) in [5.41, 5.74) is 1.16. The van der Waals surface area contributed by atoms with Gasteiger partial charge in [0.2, 0.25) is 0 Å². The zero-order valence-electron chi connectivity index (χ0n) is 12.8. The summed E-state index contributed by atoms with van der Waals surface area (Å²) in [6, 6.07) is 0. The minimum absolute atomic E-state index is 0.179. The number of ether oxygens (including phenoxy) is 1. The Balaban J connectivity index is 2.17. The molecule has 1 aliphatic heterocycles. The normalized spacial score (nSPS) is 19.8. The van der Waals surface area contributed by atoms with Crippen molar-refractivity contribution in [1.82, 2.24) is 10.2 Å². The molecule has 3 heteroatoms. The minimum atomic E-state index is 0.179. The molecule has 1 fully saturated rings. The summed E-state index contributed by atoms with van der Waals surface area (Å²) in [6.07, 6.45) is 11.7. The highest BCUT2D eigenvalue weighted by Crippen LogP contribution is 2.08. The third-order valence-electron chi connectivity index (χ3n) is 3.50. The highest BCUT2D eigenvalue weighted by atomic mass is 16.5. The van der Waals surface area contributed by atoms with Crippen LogP contribution in [0.15, 0.2) is 23.9 Å². The van der Waals surface area contributed by atoms with Gasteiger partial charge in [0.1, 0.15) is 0 Å². The van der Waals surface area contributed by atoms with E-state index in [0.29, 0.717) is 0 Å². The average Bonchev–Trinajstić information content (AvgIpc) is 2.44. The maximum absolute atomic E-state index is 5.83. The summed E-state index contributed by atoms with van der Waals surface area (Å²) in [7, 11) is 1.95. The van der Waals surface area contributed by atoms with E-state index in [1.54, 1.807) is 0 Å². The van der Waals surface area contributed by atoms with E-state index in [1.165, 1.54) is 32.4 Å². The molecule has 0 aliphatic carbocycles. The third-order valence-corrected chi connectivity index (χ3v) is 3.50. The van der Waals surface area contributed by atoms with Crippen molar-refractivity contribution in [2.75, 3.05) is 33.3 Å². The Bertz CT molecular complexity index is 280. The molecule has 0 bridgehead atoms. The van der Waals surface area contributed by atoms with Gasteiger partial charge in [-0.25, -0.2) is 0 Å². The maximum atomic E-state index is 5.83. The summed E-state index contributed by atoms with van der Waals surface area (Å²) in [6.45, 7) is 8.64. The lowest BCUT2D eigenvalue weighted by atomic mass is 10.1. The van der Waals surface area contributed by atoms with Crippen LogP contribution in [0.4, 0.5) is 0 Å². The maximum Gasteiger partial charge on any atom is 0.0732 e. The molecule has 3 nitrogen and oxygen atoms in total. The number of hydrogen-bond acceptors (Lipinski definition) is 3. The molecule has 110 valence electrons. The molecule has 1 heterocycles. The number of nitrogens with one attached hydrogen (secondary N) is 1. The van der Waals surface area contributed by atoms with E-state index in [-0.39, 0.29) is 6.10 Å². The lowest BCUT2D eigenvalue weighted by molar-refractivity contribution is 0.0694. The number of likely N-dealkylation sites (N-methyl/N-ethyl adjacent to an activating group) is 1. The molecule has 1 aliphatic rings. The Labute approximate surface area is 118 Å². The van der Waals surface area contributed by atoms with Crippen LogP contribution in [0.1, 0.15) is 39.5 Å². The van der Waals surface area contributed by atoms with Crippen molar-refractivity contribution in [3.63, 3.8) is 0 Å². The van der Waals surface area contributed by atoms with Crippen molar-refractivity contribution in [2.45, 2.75) is 45.6 Å². The summed E-state index contributed by atoms with van der Waals surface area (Å²) in [5, 5.41) is 3.18. The van der Waals surface area contributed by atoms with Crippen LogP contribution < -0.4 is 5.32 Å². The second kappa shape index (κ2) is 10.0. The number of likely N-dealkylation sites (tertiary alicyclic amines) is 1. The van der Waals surface area contributed by atoms with Gasteiger partial charge in [-0.05, 0) is 45.4 Å². The highest BCUT2D eigenvalue weighted by molar-refractivity contribution is 5.16. The molecule has 0 aromatic heterocycles. The zero-order valence-corrected chi connectivity index (χ0v) is 12.8. The molecule has 1 unspecified atom stereocenters. The first kappa shape index (κ1) is 16.3. The molecule has 0 radical (unpaired) electrons. The summed E-state index contributed by atoms with van der Waals surface area (Å²) in [5.74, 6) is 0. The van der Waals surface area contributed by atoms with Gasteiger partial charge in [0.05, 0.1) is 12.7 Å². The summed E-state index contributed by atoms with van der Waals surface area (Å²) < 4.78 is 5.83. The molecule has 1 rings (SSSR count). The number of nitrogens with zero attached hydrogens (tertiary/aromatic N) is 1. The first-order valence-corrected chi connectivity index (χ1v) is 7.66. The third kappa shape index (κ3) is 7.38. The fourth-order valence-electron chi connectivity index (χ4n) is 2.32. The Hall–Kier alpha value is -0.800. The van der Waals surface area contributed by atoms with Gasteiger partial charge in [-0.3, -0.25) is 0 Å². The van der Waals surface area contributed by atoms with E-state index >= 15 is 0 Å². The fraction of sp³-hybridized carbons (Fsp3) is 0.750. The zero-order chi connectivity index (χ0) is 13.9. The van der Waals surface area contributed by atoms with Crippen LogP contribution in [0.25, 0.3) is 0 Å². The number of piperidine rings is 1. The first-order chi connectivity index (χ1) is 9.26. The van der Waals surface area contributed by atoms with Gasteiger partial charge in [0.25, 0.3) is 0 Å². The van der Waals surface area contributed by atoms with Crippen LogP contribution in [-0.2, 0) is 4.74 Å². The van der Waals surface area contributed by atoms with E-state index in [4.69, 9.17) is 4.74 Å². The lowest BCUT2D eigenvalue weighted by Gasteiger charge is -2.26. The monoisotopic (exact) mass is 266 g/mol. The quantitative estimate of drug-likeness (QED) is 0.684. The molecule has 0 amide bonds. The largest absolute Gasteiger partial charge is 0.388 e.